The van der Waals surface area contributed by atoms with Crippen molar-refractivity contribution in [2.24, 2.45) is 7.05 Å². The van der Waals surface area contributed by atoms with Crippen molar-refractivity contribution in [1.29, 1.82) is 0 Å². The number of aliphatic hydroxyl groups is 1. The van der Waals surface area contributed by atoms with Gasteiger partial charge in [-0.25, -0.2) is 14.4 Å². The molecular formula is C24H19FN8O2. The highest BCUT2D eigenvalue weighted by atomic mass is 19.1. The maximum Gasteiger partial charge on any atom is 0.161 e. The Morgan fingerprint density at radius 3 is 2.77 bits per heavy atom. The summed E-state index contributed by atoms with van der Waals surface area (Å²) in [5.74, 6) is 0.474. The highest BCUT2D eigenvalue weighted by molar-refractivity contribution is 5.96. The van der Waals surface area contributed by atoms with E-state index in [4.69, 9.17) is 14.7 Å². The number of nitrogens with zero attached hydrogens (tertiary/aromatic N) is 6. The van der Waals surface area contributed by atoms with Crippen LogP contribution in [-0.2, 0) is 13.7 Å². The van der Waals surface area contributed by atoms with Gasteiger partial charge in [0.25, 0.3) is 0 Å². The summed E-state index contributed by atoms with van der Waals surface area (Å²) in [6, 6.07) is 8.18. The van der Waals surface area contributed by atoms with Gasteiger partial charge in [0, 0.05) is 36.6 Å². The van der Waals surface area contributed by atoms with Crippen LogP contribution in [0.2, 0.25) is 0 Å². The van der Waals surface area contributed by atoms with Crippen LogP contribution in [0, 0.1) is 5.82 Å². The lowest BCUT2D eigenvalue weighted by Crippen LogP contribution is -1.92. The monoisotopic (exact) mass is 470 g/mol. The molecule has 10 nitrogen and oxygen atoms in total. The molecule has 5 aromatic heterocycles. The molecule has 3 N–H and O–H groups in total. The van der Waals surface area contributed by atoms with Crippen molar-refractivity contribution in [1.82, 2.24) is 39.9 Å². The number of nitrogens with one attached hydrogen (secondary N) is 2. The van der Waals surface area contributed by atoms with Gasteiger partial charge in [-0.15, -0.1) is 0 Å². The van der Waals surface area contributed by atoms with Crippen LogP contribution in [-0.4, -0.2) is 52.1 Å². The molecule has 0 aliphatic rings. The summed E-state index contributed by atoms with van der Waals surface area (Å²) < 4.78 is 21.0. The Hall–Kier alpha value is -4.64. The van der Waals surface area contributed by atoms with Crippen LogP contribution in [0.1, 0.15) is 5.69 Å². The molecule has 6 rings (SSSR count). The minimum Gasteiger partial charge on any atom is -0.497 e. The lowest BCUT2D eigenvalue weighted by Gasteiger charge is -2.06. The molecule has 0 spiro atoms. The third kappa shape index (κ3) is 3.49. The minimum absolute atomic E-state index is 0.196. The molecule has 0 fully saturated rings. The molecule has 35 heavy (non-hydrogen) atoms. The molecule has 0 saturated carbocycles. The molecule has 5 heterocycles. The van der Waals surface area contributed by atoms with Crippen LogP contribution in [0.3, 0.4) is 0 Å². The first-order valence-corrected chi connectivity index (χ1v) is 10.7. The molecule has 0 unspecified atom stereocenters. The maximum absolute atomic E-state index is 14.2. The van der Waals surface area contributed by atoms with Crippen molar-refractivity contribution in [3.8, 4) is 39.7 Å². The van der Waals surface area contributed by atoms with Crippen LogP contribution in [0.5, 0.6) is 5.75 Å². The van der Waals surface area contributed by atoms with Crippen molar-refractivity contribution in [3.05, 3.63) is 60.4 Å². The topological polar surface area (TPSA) is 130 Å². The third-order valence-electron chi connectivity index (χ3n) is 5.78. The van der Waals surface area contributed by atoms with E-state index in [1.807, 2.05) is 18.3 Å². The van der Waals surface area contributed by atoms with Crippen LogP contribution in [0.25, 0.3) is 56.0 Å². The Kier molecular flexibility index (Phi) is 4.78. The Bertz CT molecular complexity index is 1720. The molecule has 0 bridgehead atoms. The predicted molar refractivity (Wildman–Crippen MR) is 127 cm³/mol. The molecular weight excluding hydrogens is 451 g/mol. The fourth-order valence-corrected chi connectivity index (χ4v) is 4.17. The van der Waals surface area contributed by atoms with Crippen molar-refractivity contribution < 1.29 is 14.2 Å². The van der Waals surface area contributed by atoms with Gasteiger partial charge in [-0.1, -0.05) is 0 Å². The van der Waals surface area contributed by atoms with Crippen LogP contribution in [0.4, 0.5) is 4.39 Å². The fraction of sp³-hybridized carbons (Fsp3) is 0.125. The minimum atomic E-state index is -0.417. The van der Waals surface area contributed by atoms with E-state index < -0.39 is 5.82 Å². The summed E-state index contributed by atoms with van der Waals surface area (Å²) >= 11 is 0. The van der Waals surface area contributed by atoms with Gasteiger partial charge in [-0.05, 0) is 29.8 Å². The Labute approximate surface area is 197 Å². The Morgan fingerprint density at radius 1 is 1.06 bits per heavy atom. The van der Waals surface area contributed by atoms with Gasteiger partial charge < -0.3 is 14.8 Å². The number of aromatic amines is 2. The van der Waals surface area contributed by atoms with E-state index in [0.717, 1.165) is 11.1 Å². The van der Waals surface area contributed by atoms with Crippen LogP contribution < -0.4 is 4.74 Å². The van der Waals surface area contributed by atoms with E-state index in [9.17, 15) is 9.50 Å². The van der Waals surface area contributed by atoms with Crippen LogP contribution >= 0.6 is 0 Å². The first kappa shape index (κ1) is 20.9. The highest BCUT2D eigenvalue weighted by Gasteiger charge is 2.19. The number of aryl methyl sites for hydroxylation is 1. The number of H-pyrrole nitrogens is 2. The maximum atomic E-state index is 14.2. The molecule has 0 saturated heterocycles. The smallest absolute Gasteiger partial charge is 0.161 e. The zero-order valence-electron chi connectivity index (χ0n) is 18.7. The zero-order valence-corrected chi connectivity index (χ0v) is 18.7. The van der Waals surface area contributed by atoms with E-state index in [2.05, 4.69) is 25.3 Å². The number of aromatic nitrogens is 8. The van der Waals surface area contributed by atoms with Gasteiger partial charge in [-0.3, -0.25) is 14.8 Å². The predicted octanol–water partition coefficient (Wildman–Crippen LogP) is 3.60. The molecule has 0 radical (unpaired) electrons. The number of imidazole rings is 1. The number of hydrogen-bond donors (Lipinski definition) is 3. The third-order valence-corrected chi connectivity index (χ3v) is 5.78. The number of rotatable bonds is 5. The number of fused-ring (bicyclic) bond motifs is 2. The quantitative estimate of drug-likeness (QED) is 0.351. The molecule has 6 aromatic rings. The number of halogens is 1. The molecule has 174 valence electrons. The first-order chi connectivity index (χ1) is 17.0. The van der Waals surface area contributed by atoms with Crippen molar-refractivity contribution in [2.45, 2.75) is 6.61 Å². The van der Waals surface area contributed by atoms with E-state index in [-0.39, 0.29) is 6.61 Å². The number of methoxy groups -OCH3 is 1. The lowest BCUT2D eigenvalue weighted by molar-refractivity contribution is 0.276. The number of benzene rings is 1. The van der Waals surface area contributed by atoms with E-state index >= 15 is 0 Å². The van der Waals surface area contributed by atoms with Gasteiger partial charge in [0.1, 0.15) is 17.1 Å². The van der Waals surface area contributed by atoms with E-state index in [1.54, 1.807) is 30.2 Å². The summed E-state index contributed by atoms with van der Waals surface area (Å²) in [6.45, 7) is -0.196. The summed E-state index contributed by atoms with van der Waals surface area (Å²) in [5.41, 5.74) is 6.32. The summed E-state index contributed by atoms with van der Waals surface area (Å²) in [7, 11) is 3.28. The molecule has 1 aromatic carbocycles. The first-order valence-electron chi connectivity index (χ1n) is 10.7. The zero-order chi connectivity index (χ0) is 24.1. The van der Waals surface area contributed by atoms with Crippen molar-refractivity contribution in [3.63, 3.8) is 0 Å². The molecule has 0 aliphatic heterocycles. The normalized spacial score (nSPS) is 11.5. The molecule has 0 atom stereocenters. The summed E-state index contributed by atoms with van der Waals surface area (Å²) in [4.78, 5) is 17.1. The second-order valence-electron chi connectivity index (χ2n) is 8.03. The van der Waals surface area contributed by atoms with Crippen molar-refractivity contribution in [2.75, 3.05) is 7.11 Å². The van der Waals surface area contributed by atoms with E-state index in [1.165, 1.54) is 19.2 Å². The number of aliphatic hydroxyl groups excluding tert-OH is 1. The summed E-state index contributed by atoms with van der Waals surface area (Å²) in [6.07, 6.45) is 5.10. The molecule has 11 heteroatoms. The number of pyridine rings is 2. The van der Waals surface area contributed by atoms with E-state index in [0.29, 0.717) is 56.3 Å². The van der Waals surface area contributed by atoms with Gasteiger partial charge >= 0.3 is 0 Å². The standard InChI is InChI=1S/C24H19FN8O2/c1-33-10-16(20(11-34)32-33)17-3-4-18-22(27-17)23(31-30-18)24-28-19-9-26-8-15(21(19)29-24)12-5-13(25)7-14(6-12)35-2/h3-10,34H,11H2,1-2H3,(H,28,29)(H,30,31). The Morgan fingerprint density at radius 2 is 1.94 bits per heavy atom. The van der Waals surface area contributed by atoms with Gasteiger partial charge in [0.05, 0.1) is 47.9 Å². The second kappa shape index (κ2) is 7.99. The van der Waals surface area contributed by atoms with Gasteiger partial charge in [0.2, 0.25) is 0 Å². The van der Waals surface area contributed by atoms with Crippen LogP contribution in [0.15, 0.2) is 48.9 Å². The summed E-state index contributed by atoms with van der Waals surface area (Å²) in [5, 5.41) is 21.4. The highest BCUT2D eigenvalue weighted by Crippen LogP contribution is 2.33. The molecule has 0 amide bonds. The van der Waals surface area contributed by atoms with Crippen molar-refractivity contribution >= 4 is 22.1 Å². The van der Waals surface area contributed by atoms with Gasteiger partial charge in [-0.2, -0.15) is 10.2 Å². The van der Waals surface area contributed by atoms with Gasteiger partial charge in [0.15, 0.2) is 11.5 Å². The average Bonchev–Trinajstić information content (AvgIpc) is 3.58. The number of hydrogen-bond acceptors (Lipinski definition) is 7. The number of ether oxygens (including phenoxy) is 1. The lowest BCUT2D eigenvalue weighted by atomic mass is 10.1. The fourth-order valence-electron chi connectivity index (χ4n) is 4.17. The second-order valence-corrected chi connectivity index (χ2v) is 8.03. The largest absolute Gasteiger partial charge is 0.497 e. The molecule has 0 aliphatic carbocycles. The SMILES string of the molecule is COc1cc(F)cc(-c2cncc3[nH]c(-c4n[nH]c5ccc(-c6cn(C)nc6CO)nc45)nc23)c1. The average molecular weight is 470 g/mol. The Balaban J connectivity index is 1.50.